The number of aryl methyl sites for hydroxylation is 2. The largest absolute Gasteiger partial charge is 0.399 e. The van der Waals surface area contributed by atoms with E-state index in [0.29, 0.717) is 18.1 Å². The fraction of sp³-hybridized carbons (Fsp3) is 0.500. The minimum atomic E-state index is -0.442. The summed E-state index contributed by atoms with van der Waals surface area (Å²) in [6.45, 7) is 4.13. The average molecular weight is 289 g/mol. The summed E-state index contributed by atoms with van der Waals surface area (Å²) in [6.07, 6.45) is 3.19. The maximum atomic E-state index is 5.68. The van der Waals surface area contributed by atoms with Crippen LogP contribution in [0, 0.1) is 0 Å². The molecule has 0 saturated carbocycles. The van der Waals surface area contributed by atoms with E-state index in [2.05, 4.69) is 24.0 Å². The van der Waals surface area contributed by atoms with Crippen molar-refractivity contribution in [3.63, 3.8) is 0 Å². The predicted molar refractivity (Wildman–Crippen MR) is 81.8 cm³/mol. The Labute approximate surface area is 125 Å². The van der Waals surface area contributed by atoms with E-state index in [0.717, 1.165) is 24.9 Å². The zero-order valence-electron chi connectivity index (χ0n) is 12.9. The molecule has 5 heteroatoms. The molecule has 0 aliphatic heterocycles. The van der Waals surface area contributed by atoms with Crippen LogP contribution in [0.1, 0.15) is 44.0 Å². The molecule has 1 aromatic carbocycles. The molecule has 2 aromatic rings. The van der Waals surface area contributed by atoms with E-state index in [1.165, 1.54) is 5.56 Å². The number of hydrogen-bond donors (Lipinski definition) is 1. The van der Waals surface area contributed by atoms with Crippen molar-refractivity contribution < 1.29 is 9.26 Å². The number of nitrogens with zero attached hydrogens (tertiary/aromatic N) is 2. The van der Waals surface area contributed by atoms with E-state index in [1.807, 2.05) is 24.3 Å². The highest BCUT2D eigenvalue weighted by molar-refractivity contribution is 5.39. The van der Waals surface area contributed by atoms with E-state index in [4.69, 9.17) is 15.0 Å². The van der Waals surface area contributed by atoms with E-state index in [1.54, 1.807) is 7.11 Å². The number of aromatic nitrogens is 2. The highest BCUT2D eigenvalue weighted by Crippen LogP contribution is 2.30. The summed E-state index contributed by atoms with van der Waals surface area (Å²) in [5.41, 5.74) is 7.21. The fourth-order valence-corrected chi connectivity index (χ4v) is 2.42. The smallest absolute Gasteiger partial charge is 0.227 e. The van der Waals surface area contributed by atoms with E-state index >= 15 is 0 Å². The minimum Gasteiger partial charge on any atom is -0.399 e. The molecule has 1 heterocycles. The molecule has 0 spiro atoms. The Bertz CT molecular complexity index is 551. The summed E-state index contributed by atoms with van der Waals surface area (Å²) in [7, 11) is 1.69. The predicted octanol–water partition coefficient (Wildman–Crippen LogP) is 3.10. The molecule has 0 saturated heterocycles. The van der Waals surface area contributed by atoms with Gasteiger partial charge in [0.1, 0.15) is 5.60 Å². The number of methoxy groups -OCH3 is 1. The van der Waals surface area contributed by atoms with Crippen LogP contribution in [0.15, 0.2) is 28.8 Å². The Morgan fingerprint density at radius 3 is 2.38 bits per heavy atom. The number of hydrogen-bond acceptors (Lipinski definition) is 5. The molecule has 5 nitrogen and oxygen atoms in total. The summed E-state index contributed by atoms with van der Waals surface area (Å²) in [4.78, 5) is 4.50. The Balaban J connectivity index is 2.04. The summed E-state index contributed by atoms with van der Waals surface area (Å²) < 4.78 is 11.0. The van der Waals surface area contributed by atoms with Crippen LogP contribution in [0.25, 0.3) is 0 Å². The highest BCUT2D eigenvalue weighted by atomic mass is 16.5. The van der Waals surface area contributed by atoms with Crippen molar-refractivity contribution in [3.05, 3.63) is 41.5 Å². The molecule has 0 atom stereocenters. The summed E-state index contributed by atoms with van der Waals surface area (Å²) in [6, 6.07) is 7.84. The van der Waals surface area contributed by atoms with Gasteiger partial charge in [0.05, 0.1) is 0 Å². The molecule has 2 rings (SSSR count). The number of benzene rings is 1. The Kier molecular flexibility index (Phi) is 4.96. The third-order valence-corrected chi connectivity index (χ3v) is 4.02. The van der Waals surface area contributed by atoms with Crippen molar-refractivity contribution in [3.8, 4) is 0 Å². The van der Waals surface area contributed by atoms with E-state index in [-0.39, 0.29) is 0 Å². The molecule has 0 unspecified atom stereocenters. The van der Waals surface area contributed by atoms with Crippen LogP contribution in [0.3, 0.4) is 0 Å². The van der Waals surface area contributed by atoms with Gasteiger partial charge in [-0.1, -0.05) is 31.1 Å². The first-order valence-corrected chi connectivity index (χ1v) is 7.36. The topological polar surface area (TPSA) is 74.2 Å². The normalized spacial score (nSPS) is 11.8. The Morgan fingerprint density at radius 2 is 1.81 bits per heavy atom. The van der Waals surface area contributed by atoms with Crippen molar-refractivity contribution in [2.45, 2.75) is 45.1 Å². The molecule has 2 N–H and O–H groups in total. The van der Waals surface area contributed by atoms with Crippen LogP contribution in [-0.2, 0) is 23.2 Å². The van der Waals surface area contributed by atoms with Crippen LogP contribution < -0.4 is 5.73 Å². The van der Waals surface area contributed by atoms with Gasteiger partial charge in [-0.3, -0.25) is 0 Å². The van der Waals surface area contributed by atoms with E-state index in [9.17, 15) is 0 Å². The van der Waals surface area contributed by atoms with E-state index < -0.39 is 5.60 Å². The Morgan fingerprint density at radius 1 is 1.14 bits per heavy atom. The quantitative estimate of drug-likeness (QED) is 0.793. The van der Waals surface area contributed by atoms with Gasteiger partial charge in [0.15, 0.2) is 0 Å². The first-order chi connectivity index (χ1) is 10.1. The molecule has 21 heavy (non-hydrogen) atoms. The molecule has 0 aliphatic carbocycles. The highest BCUT2D eigenvalue weighted by Gasteiger charge is 2.33. The van der Waals surface area contributed by atoms with Gasteiger partial charge >= 0.3 is 0 Å². The zero-order valence-corrected chi connectivity index (χ0v) is 12.9. The van der Waals surface area contributed by atoms with Crippen molar-refractivity contribution in [1.82, 2.24) is 10.1 Å². The van der Waals surface area contributed by atoms with Crippen molar-refractivity contribution in [1.29, 1.82) is 0 Å². The standard InChI is InChI=1S/C16H23N3O2/c1-4-16(5-2,20-3)15-18-14(21-19-15)11-8-12-6-9-13(17)10-7-12/h6-7,9-10H,4-5,8,11,17H2,1-3H3. The molecule has 0 bridgehead atoms. The Hall–Kier alpha value is -1.88. The molecule has 114 valence electrons. The van der Waals surface area contributed by atoms with Gasteiger partial charge in [0.2, 0.25) is 11.7 Å². The molecule has 1 aromatic heterocycles. The lowest BCUT2D eigenvalue weighted by Crippen LogP contribution is -2.28. The molecule has 0 fully saturated rings. The third kappa shape index (κ3) is 3.42. The van der Waals surface area contributed by atoms with Gasteiger partial charge in [0.25, 0.3) is 0 Å². The lowest BCUT2D eigenvalue weighted by molar-refractivity contribution is -0.0306. The van der Waals surface area contributed by atoms with Gasteiger partial charge in [-0.15, -0.1) is 0 Å². The van der Waals surface area contributed by atoms with Crippen LogP contribution in [0.4, 0.5) is 5.69 Å². The molecular formula is C16H23N3O2. The second-order valence-corrected chi connectivity index (χ2v) is 5.16. The van der Waals surface area contributed by atoms with Crippen LogP contribution in [0.2, 0.25) is 0 Å². The number of nitrogens with two attached hydrogens (primary N) is 1. The van der Waals surface area contributed by atoms with Gasteiger partial charge < -0.3 is 15.0 Å². The first-order valence-electron chi connectivity index (χ1n) is 7.36. The molecule has 0 aliphatic rings. The van der Waals surface area contributed by atoms with Gasteiger partial charge in [0, 0.05) is 19.2 Å². The fourth-order valence-electron chi connectivity index (χ4n) is 2.42. The number of ether oxygens (including phenoxy) is 1. The van der Waals surface area contributed by atoms with Crippen molar-refractivity contribution in [2.75, 3.05) is 12.8 Å². The molecule has 0 amide bonds. The van der Waals surface area contributed by atoms with Crippen molar-refractivity contribution in [2.24, 2.45) is 0 Å². The summed E-state index contributed by atoms with van der Waals surface area (Å²) >= 11 is 0. The van der Waals surface area contributed by atoms with Crippen LogP contribution in [0.5, 0.6) is 0 Å². The third-order valence-electron chi connectivity index (χ3n) is 4.02. The van der Waals surface area contributed by atoms with Crippen LogP contribution in [-0.4, -0.2) is 17.3 Å². The van der Waals surface area contributed by atoms with Gasteiger partial charge in [-0.05, 0) is 37.0 Å². The minimum absolute atomic E-state index is 0.442. The summed E-state index contributed by atoms with van der Waals surface area (Å²) in [5, 5.41) is 4.10. The maximum absolute atomic E-state index is 5.68. The monoisotopic (exact) mass is 289 g/mol. The van der Waals surface area contributed by atoms with Gasteiger partial charge in [-0.2, -0.15) is 4.98 Å². The second kappa shape index (κ2) is 6.72. The average Bonchev–Trinajstić information content (AvgIpc) is 2.99. The number of nitrogen functional groups attached to an aromatic ring is 1. The van der Waals surface area contributed by atoms with Gasteiger partial charge in [-0.25, -0.2) is 0 Å². The number of anilines is 1. The molecule has 0 radical (unpaired) electrons. The molecular weight excluding hydrogens is 266 g/mol. The SMILES string of the molecule is CCC(CC)(OC)c1noc(CCc2ccc(N)cc2)n1. The lowest BCUT2D eigenvalue weighted by Gasteiger charge is -2.25. The first kappa shape index (κ1) is 15.5. The van der Waals surface area contributed by atoms with Crippen LogP contribution >= 0.6 is 0 Å². The summed E-state index contributed by atoms with van der Waals surface area (Å²) in [5.74, 6) is 1.28. The van der Waals surface area contributed by atoms with Crippen molar-refractivity contribution >= 4 is 5.69 Å². The maximum Gasteiger partial charge on any atom is 0.227 e. The zero-order chi connectivity index (χ0) is 15.3. The second-order valence-electron chi connectivity index (χ2n) is 5.16. The number of rotatable bonds is 7. The lowest BCUT2D eigenvalue weighted by atomic mass is 9.96.